The number of piperazine rings is 1. The molecule has 1 aliphatic heterocycles. The van der Waals surface area contributed by atoms with Gasteiger partial charge in [0.25, 0.3) is 0 Å². The van der Waals surface area contributed by atoms with E-state index in [1.807, 2.05) is 36.1 Å². The first-order valence-corrected chi connectivity index (χ1v) is 10.9. The molecular weight excluding hydrogens is 368 g/mol. The Labute approximate surface area is 173 Å². The van der Waals surface area contributed by atoms with Crippen LogP contribution in [0, 0.1) is 0 Å². The number of amides is 3. The van der Waals surface area contributed by atoms with Crippen LogP contribution in [-0.4, -0.2) is 67.1 Å². The van der Waals surface area contributed by atoms with E-state index >= 15 is 0 Å². The second-order valence-corrected chi connectivity index (χ2v) is 7.94. The van der Waals surface area contributed by atoms with E-state index in [1.54, 1.807) is 0 Å². The predicted octanol–water partition coefficient (Wildman–Crippen LogP) is 2.36. The van der Waals surface area contributed by atoms with Crippen LogP contribution in [0.4, 0.5) is 4.79 Å². The van der Waals surface area contributed by atoms with E-state index in [1.165, 1.54) is 12.8 Å². The molecule has 0 radical (unpaired) electrons. The highest BCUT2D eigenvalue weighted by Gasteiger charge is 2.22. The zero-order chi connectivity index (χ0) is 20.5. The first kappa shape index (κ1) is 21.4. The summed E-state index contributed by atoms with van der Waals surface area (Å²) < 4.78 is 5.98. The van der Waals surface area contributed by atoms with Gasteiger partial charge in [-0.15, -0.1) is 0 Å². The minimum atomic E-state index is -0.0497. The molecule has 0 atom stereocenters. The molecule has 1 saturated heterocycles. The normalized spacial score (nSPS) is 17.9. The van der Waals surface area contributed by atoms with Crippen molar-refractivity contribution >= 4 is 11.9 Å². The van der Waals surface area contributed by atoms with Gasteiger partial charge in [-0.25, -0.2) is 4.79 Å². The van der Waals surface area contributed by atoms with Gasteiger partial charge in [0.05, 0.1) is 12.6 Å². The van der Waals surface area contributed by atoms with E-state index < -0.39 is 0 Å². The Bertz CT molecular complexity index is 651. The van der Waals surface area contributed by atoms with Crippen LogP contribution in [0.3, 0.4) is 0 Å². The summed E-state index contributed by atoms with van der Waals surface area (Å²) >= 11 is 0. The number of nitrogens with one attached hydrogen (secondary N) is 2. The highest BCUT2D eigenvalue weighted by atomic mass is 16.5. The number of hydrogen-bond donors (Lipinski definition) is 2. The van der Waals surface area contributed by atoms with Crippen LogP contribution in [0.2, 0.25) is 0 Å². The molecule has 1 aromatic rings. The molecule has 1 heterocycles. The van der Waals surface area contributed by atoms with Crippen LogP contribution in [-0.2, 0) is 11.3 Å². The summed E-state index contributed by atoms with van der Waals surface area (Å²) in [5.74, 6) is 0.969. The van der Waals surface area contributed by atoms with Crippen LogP contribution >= 0.6 is 0 Å². The van der Waals surface area contributed by atoms with Crippen LogP contribution in [0.1, 0.15) is 44.6 Å². The van der Waals surface area contributed by atoms with Gasteiger partial charge in [-0.1, -0.05) is 19.1 Å². The monoisotopic (exact) mass is 402 g/mol. The molecule has 0 spiro atoms. The molecule has 3 rings (SSSR count). The van der Waals surface area contributed by atoms with Crippen LogP contribution in [0.5, 0.6) is 5.75 Å². The Morgan fingerprint density at radius 1 is 1.03 bits per heavy atom. The third kappa shape index (κ3) is 6.92. The molecule has 160 valence electrons. The van der Waals surface area contributed by atoms with E-state index in [0.29, 0.717) is 32.3 Å². The van der Waals surface area contributed by atoms with E-state index in [0.717, 1.165) is 50.2 Å². The molecule has 2 N–H and O–H groups in total. The van der Waals surface area contributed by atoms with E-state index in [9.17, 15) is 9.59 Å². The van der Waals surface area contributed by atoms with Crippen molar-refractivity contribution in [3.8, 4) is 5.75 Å². The maximum atomic E-state index is 12.4. The van der Waals surface area contributed by atoms with Gasteiger partial charge in [-0.05, 0) is 49.8 Å². The second kappa shape index (κ2) is 11.0. The highest BCUT2D eigenvalue weighted by molar-refractivity contribution is 5.78. The number of carbonyl (C=O) groups excluding carboxylic acids is 2. The number of urea groups is 1. The molecule has 7 heteroatoms. The fraction of sp³-hybridized carbons (Fsp3) is 0.636. The maximum absolute atomic E-state index is 12.4. The van der Waals surface area contributed by atoms with Crippen molar-refractivity contribution in [2.75, 3.05) is 39.3 Å². The van der Waals surface area contributed by atoms with Gasteiger partial charge in [-0.2, -0.15) is 0 Å². The van der Waals surface area contributed by atoms with Gasteiger partial charge in [-0.3, -0.25) is 9.69 Å². The average Bonchev–Trinajstić information content (AvgIpc) is 3.25. The minimum absolute atomic E-state index is 0.0497. The number of benzene rings is 1. The number of nitrogens with zero attached hydrogens (tertiary/aromatic N) is 2. The Morgan fingerprint density at radius 2 is 1.72 bits per heavy atom. The van der Waals surface area contributed by atoms with Crippen molar-refractivity contribution in [3.63, 3.8) is 0 Å². The van der Waals surface area contributed by atoms with E-state index in [-0.39, 0.29) is 11.9 Å². The predicted molar refractivity (Wildman–Crippen MR) is 113 cm³/mol. The Hall–Kier alpha value is -2.28. The van der Waals surface area contributed by atoms with Crippen molar-refractivity contribution in [1.29, 1.82) is 0 Å². The zero-order valence-electron chi connectivity index (χ0n) is 17.5. The highest BCUT2D eigenvalue weighted by Crippen LogP contribution is 2.24. The molecule has 29 heavy (non-hydrogen) atoms. The summed E-state index contributed by atoms with van der Waals surface area (Å²) in [5, 5.41) is 5.89. The summed E-state index contributed by atoms with van der Waals surface area (Å²) in [6.07, 6.45) is 6.11. The van der Waals surface area contributed by atoms with Gasteiger partial charge in [0.1, 0.15) is 5.75 Å². The third-order valence-electron chi connectivity index (χ3n) is 5.57. The summed E-state index contributed by atoms with van der Waals surface area (Å²) in [6.45, 7) is 6.39. The lowest BCUT2D eigenvalue weighted by Crippen LogP contribution is -2.53. The first-order chi connectivity index (χ1) is 14.1. The minimum Gasteiger partial charge on any atom is -0.490 e. The van der Waals surface area contributed by atoms with Gasteiger partial charge < -0.3 is 20.3 Å². The van der Waals surface area contributed by atoms with Gasteiger partial charge in [0.2, 0.25) is 5.91 Å². The van der Waals surface area contributed by atoms with Crippen LogP contribution in [0.15, 0.2) is 24.3 Å². The summed E-state index contributed by atoms with van der Waals surface area (Å²) in [6, 6.07) is 7.95. The molecule has 7 nitrogen and oxygen atoms in total. The van der Waals surface area contributed by atoms with Crippen molar-refractivity contribution in [1.82, 2.24) is 20.4 Å². The Balaban J connectivity index is 1.35. The van der Waals surface area contributed by atoms with Crippen molar-refractivity contribution in [3.05, 3.63) is 29.8 Å². The molecule has 2 fully saturated rings. The number of carbonyl (C=O) groups is 2. The van der Waals surface area contributed by atoms with Crippen molar-refractivity contribution < 1.29 is 14.3 Å². The lowest BCUT2D eigenvalue weighted by Gasteiger charge is -2.34. The number of rotatable bonds is 8. The lowest BCUT2D eigenvalue weighted by atomic mass is 10.2. The summed E-state index contributed by atoms with van der Waals surface area (Å²) in [5.41, 5.74) is 1.06. The Morgan fingerprint density at radius 3 is 2.38 bits per heavy atom. The SMILES string of the molecule is CCCNC(=O)CN1CCN(C(=O)NCc2ccc(OC3CCCC3)cc2)CC1. The van der Waals surface area contributed by atoms with Crippen molar-refractivity contribution in [2.45, 2.75) is 51.7 Å². The molecule has 3 amide bonds. The molecule has 2 aliphatic rings. The topological polar surface area (TPSA) is 73.9 Å². The number of hydrogen-bond acceptors (Lipinski definition) is 4. The van der Waals surface area contributed by atoms with E-state index in [4.69, 9.17) is 4.74 Å². The van der Waals surface area contributed by atoms with Gasteiger partial charge in [0, 0.05) is 39.3 Å². The standard InChI is InChI=1S/C22H34N4O3/c1-2-11-23-21(27)17-25-12-14-26(15-13-25)22(28)24-16-18-7-9-20(10-8-18)29-19-5-3-4-6-19/h7-10,19H,2-6,11-17H2,1H3,(H,23,27)(H,24,28). The summed E-state index contributed by atoms with van der Waals surface area (Å²) in [7, 11) is 0. The fourth-order valence-electron chi connectivity index (χ4n) is 3.81. The first-order valence-electron chi connectivity index (χ1n) is 10.9. The van der Waals surface area contributed by atoms with Crippen molar-refractivity contribution in [2.24, 2.45) is 0 Å². The largest absolute Gasteiger partial charge is 0.490 e. The molecular formula is C22H34N4O3. The fourth-order valence-corrected chi connectivity index (χ4v) is 3.81. The molecule has 0 aromatic heterocycles. The second-order valence-electron chi connectivity index (χ2n) is 7.94. The number of ether oxygens (including phenoxy) is 1. The third-order valence-corrected chi connectivity index (χ3v) is 5.57. The summed E-state index contributed by atoms with van der Waals surface area (Å²) in [4.78, 5) is 28.2. The maximum Gasteiger partial charge on any atom is 0.317 e. The van der Waals surface area contributed by atoms with E-state index in [2.05, 4.69) is 15.5 Å². The molecule has 0 bridgehead atoms. The van der Waals surface area contributed by atoms with Crippen LogP contribution in [0.25, 0.3) is 0 Å². The lowest BCUT2D eigenvalue weighted by molar-refractivity contribution is -0.122. The zero-order valence-corrected chi connectivity index (χ0v) is 17.5. The Kier molecular flexibility index (Phi) is 8.16. The molecule has 1 saturated carbocycles. The molecule has 1 aromatic carbocycles. The van der Waals surface area contributed by atoms with Gasteiger partial charge >= 0.3 is 6.03 Å². The van der Waals surface area contributed by atoms with Gasteiger partial charge in [0.15, 0.2) is 0 Å². The molecule has 0 unspecified atom stereocenters. The average molecular weight is 403 g/mol. The molecule has 1 aliphatic carbocycles. The quantitative estimate of drug-likeness (QED) is 0.700. The van der Waals surface area contributed by atoms with Crippen LogP contribution < -0.4 is 15.4 Å². The smallest absolute Gasteiger partial charge is 0.317 e.